The predicted molar refractivity (Wildman–Crippen MR) is 88.4 cm³/mol. The molecule has 7 heteroatoms. The molecule has 0 radical (unpaired) electrons. The van der Waals surface area contributed by atoms with Crippen molar-refractivity contribution in [2.45, 2.75) is 26.0 Å². The molecule has 0 N–H and O–H groups in total. The smallest absolute Gasteiger partial charge is 0.213 e. The zero-order valence-corrected chi connectivity index (χ0v) is 14.4. The molecule has 0 aliphatic carbocycles. The maximum absolute atomic E-state index is 12.1. The molecule has 3 rings (SSSR count). The molecule has 2 fully saturated rings. The van der Waals surface area contributed by atoms with Crippen LogP contribution in [0.3, 0.4) is 0 Å². The van der Waals surface area contributed by atoms with Gasteiger partial charge in [-0.1, -0.05) is 6.07 Å². The Morgan fingerprint density at radius 2 is 2.22 bits per heavy atom. The van der Waals surface area contributed by atoms with Crippen LogP contribution in [0, 0.1) is 5.92 Å². The Balaban J connectivity index is 1.62. The van der Waals surface area contributed by atoms with Gasteiger partial charge in [-0.25, -0.2) is 8.42 Å². The van der Waals surface area contributed by atoms with Crippen molar-refractivity contribution in [2.75, 3.05) is 38.5 Å². The van der Waals surface area contributed by atoms with Crippen molar-refractivity contribution in [3.63, 3.8) is 0 Å². The van der Waals surface area contributed by atoms with Crippen molar-refractivity contribution in [1.82, 2.24) is 14.2 Å². The van der Waals surface area contributed by atoms with Gasteiger partial charge in [0, 0.05) is 51.0 Å². The number of hydrogen-bond acceptors (Lipinski definition) is 5. The molecule has 2 aliphatic rings. The molecule has 128 valence electrons. The minimum Gasteiger partial charge on any atom is -0.375 e. The molecule has 6 nitrogen and oxygen atoms in total. The standard InChI is InChI=1S/C16H25N3O3S/c1-2-23(20,21)19-7-5-15-12-18(8-9-22-16(15)13-19)11-14-4-3-6-17-10-14/h3-4,6,10,15-16H,2,5,7-9,11-13H2,1H3/t15-,16-/m1/s1. The third-order valence-electron chi connectivity index (χ3n) is 4.78. The molecule has 0 unspecified atom stereocenters. The number of pyridine rings is 1. The maximum atomic E-state index is 12.1. The second kappa shape index (κ2) is 7.25. The van der Waals surface area contributed by atoms with Crippen LogP contribution in [0.4, 0.5) is 0 Å². The van der Waals surface area contributed by atoms with E-state index in [9.17, 15) is 8.42 Å². The van der Waals surface area contributed by atoms with Gasteiger partial charge < -0.3 is 4.74 Å². The van der Waals surface area contributed by atoms with Crippen LogP contribution >= 0.6 is 0 Å². The maximum Gasteiger partial charge on any atom is 0.213 e. The molecule has 0 bridgehead atoms. The second-order valence-electron chi connectivity index (χ2n) is 6.31. The Morgan fingerprint density at radius 1 is 1.35 bits per heavy atom. The van der Waals surface area contributed by atoms with Gasteiger partial charge in [-0.3, -0.25) is 9.88 Å². The summed E-state index contributed by atoms with van der Waals surface area (Å²) in [5, 5.41) is 0. The quantitative estimate of drug-likeness (QED) is 0.817. The van der Waals surface area contributed by atoms with Crippen molar-refractivity contribution < 1.29 is 13.2 Å². The highest BCUT2D eigenvalue weighted by Gasteiger charge is 2.36. The van der Waals surface area contributed by atoms with Crippen molar-refractivity contribution in [3.8, 4) is 0 Å². The van der Waals surface area contributed by atoms with E-state index < -0.39 is 10.0 Å². The number of nitrogens with zero attached hydrogens (tertiary/aromatic N) is 3. The van der Waals surface area contributed by atoms with E-state index in [4.69, 9.17) is 4.74 Å². The van der Waals surface area contributed by atoms with Crippen molar-refractivity contribution in [1.29, 1.82) is 0 Å². The lowest BCUT2D eigenvalue weighted by molar-refractivity contribution is -0.00187. The summed E-state index contributed by atoms with van der Waals surface area (Å²) in [5.41, 5.74) is 1.21. The summed E-state index contributed by atoms with van der Waals surface area (Å²) in [7, 11) is -3.11. The Kier molecular flexibility index (Phi) is 5.31. The molecule has 2 atom stereocenters. The monoisotopic (exact) mass is 339 g/mol. The van der Waals surface area contributed by atoms with Gasteiger partial charge in [-0.2, -0.15) is 4.31 Å². The fraction of sp³-hybridized carbons (Fsp3) is 0.688. The molecule has 0 amide bonds. The van der Waals surface area contributed by atoms with E-state index in [1.807, 2.05) is 12.3 Å². The van der Waals surface area contributed by atoms with Crippen LogP contribution in [0.1, 0.15) is 18.9 Å². The van der Waals surface area contributed by atoms with Gasteiger partial charge in [0.1, 0.15) is 0 Å². The minimum absolute atomic E-state index is 0.0176. The van der Waals surface area contributed by atoms with Crippen LogP contribution in [-0.2, 0) is 21.3 Å². The average Bonchev–Trinajstić information content (AvgIpc) is 2.76. The first-order valence-electron chi connectivity index (χ1n) is 8.29. The summed E-state index contributed by atoms with van der Waals surface area (Å²) in [6.45, 7) is 6.18. The third kappa shape index (κ3) is 4.09. The van der Waals surface area contributed by atoms with Crippen molar-refractivity contribution in [2.24, 2.45) is 5.92 Å². The summed E-state index contributed by atoms with van der Waals surface area (Å²) < 4.78 is 31.7. The summed E-state index contributed by atoms with van der Waals surface area (Å²) in [5.74, 6) is 0.565. The molecular weight excluding hydrogens is 314 g/mol. The number of ether oxygens (including phenoxy) is 1. The average molecular weight is 339 g/mol. The van der Waals surface area contributed by atoms with Gasteiger partial charge in [0.15, 0.2) is 0 Å². The molecule has 3 heterocycles. The van der Waals surface area contributed by atoms with Gasteiger partial charge in [0.25, 0.3) is 0 Å². The topological polar surface area (TPSA) is 62.7 Å². The van der Waals surface area contributed by atoms with Crippen molar-refractivity contribution in [3.05, 3.63) is 30.1 Å². The first kappa shape index (κ1) is 16.8. The lowest BCUT2D eigenvalue weighted by atomic mass is 9.94. The summed E-state index contributed by atoms with van der Waals surface area (Å²) in [6, 6.07) is 4.05. The van der Waals surface area contributed by atoms with Gasteiger partial charge in [0.2, 0.25) is 10.0 Å². The number of aromatic nitrogens is 1. The highest BCUT2D eigenvalue weighted by molar-refractivity contribution is 7.89. The molecule has 2 saturated heterocycles. The van der Waals surface area contributed by atoms with E-state index in [1.54, 1.807) is 17.4 Å². The van der Waals surface area contributed by atoms with Gasteiger partial charge in [-0.15, -0.1) is 0 Å². The molecule has 0 spiro atoms. The largest absolute Gasteiger partial charge is 0.375 e. The minimum atomic E-state index is -3.11. The number of fused-ring (bicyclic) bond motifs is 1. The van der Waals surface area contributed by atoms with Crippen LogP contribution in [0.5, 0.6) is 0 Å². The van der Waals surface area contributed by atoms with Crippen LogP contribution < -0.4 is 0 Å². The third-order valence-corrected chi connectivity index (χ3v) is 6.63. The highest BCUT2D eigenvalue weighted by Crippen LogP contribution is 2.26. The molecule has 1 aromatic rings. The van der Waals surface area contributed by atoms with Crippen molar-refractivity contribution >= 4 is 10.0 Å². The fourth-order valence-corrected chi connectivity index (χ4v) is 4.54. The molecule has 2 aliphatic heterocycles. The molecule has 0 saturated carbocycles. The fourth-order valence-electron chi connectivity index (χ4n) is 3.42. The van der Waals surface area contributed by atoms with E-state index in [2.05, 4.69) is 16.0 Å². The van der Waals surface area contributed by atoms with E-state index in [0.717, 1.165) is 26.1 Å². The lowest BCUT2D eigenvalue weighted by Crippen LogP contribution is -2.49. The highest BCUT2D eigenvalue weighted by atomic mass is 32.2. The first-order valence-corrected chi connectivity index (χ1v) is 9.90. The number of rotatable bonds is 4. The SMILES string of the molecule is CCS(=O)(=O)N1CC[C@@H]2CN(Cc3cccnc3)CCO[C@@H]2C1. The Morgan fingerprint density at radius 3 is 2.96 bits per heavy atom. The van der Waals surface area contributed by atoms with Gasteiger partial charge in [0.05, 0.1) is 18.5 Å². The summed E-state index contributed by atoms with van der Waals surface area (Å²) in [6.07, 6.45) is 4.58. The summed E-state index contributed by atoms with van der Waals surface area (Å²) in [4.78, 5) is 6.56. The van der Waals surface area contributed by atoms with E-state index in [-0.39, 0.29) is 11.9 Å². The molecule has 23 heavy (non-hydrogen) atoms. The number of hydrogen-bond donors (Lipinski definition) is 0. The van der Waals surface area contributed by atoms with Crippen LogP contribution in [0.25, 0.3) is 0 Å². The Hall–Kier alpha value is -1.02. The Labute approximate surface area is 138 Å². The van der Waals surface area contributed by atoms with Gasteiger partial charge >= 0.3 is 0 Å². The van der Waals surface area contributed by atoms with Crippen LogP contribution in [-0.4, -0.2) is 67.2 Å². The second-order valence-corrected chi connectivity index (χ2v) is 8.57. The lowest BCUT2D eigenvalue weighted by Gasteiger charge is -2.37. The molecule has 0 aromatic carbocycles. The number of sulfonamides is 1. The zero-order chi connectivity index (χ0) is 16.3. The normalized spacial score (nSPS) is 27.3. The molecular formula is C16H25N3O3S. The summed E-state index contributed by atoms with van der Waals surface area (Å²) >= 11 is 0. The molecule has 1 aromatic heterocycles. The number of piperidine rings is 1. The van der Waals surface area contributed by atoms with E-state index >= 15 is 0 Å². The zero-order valence-electron chi connectivity index (χ0n) is 13.6. The Bertz CT molecular complexity index is 608. The van der Waals surface area contributed by atoms with E-state index in [0.29, 0.717) is 25.6 Å². The van der Waals surface area contributed by atoms with Crippen LogP contribution in [0.2, 0.25) is 0 Å². The van der Waals surface area contributed by atoms with Gasteiger partial charge in [-0.05, 0) is 25.0 Å². The van der Waals surface area contributed by atoms with Crippen LogP contribution in [0.15, 0.2) is 24.5 Å². The first-order chi connectivity index (χ1) is 11.1. The van der Waals surface area contributed by atoms with E-state index in [1.165, 1.54) is 5.56 Å². The predicted octanol–water partition coefficient (Wildman–Crippen LogP) is 0.954.